The Morgan fingerprint density at radius 2 is 1.82 bits per heavy atom. The molecule has 1 amide bonds. The van der Waals surface area contributed by atoms with Crippen molar-refractivity contribution in [2.45, 2.75) is 17.4 Å². The molecule has 0 spiro atoms. The predicted molar refractivity (Wildman–Crippen MR) is 103 cm³/mol. The van der Waals surface area contributed by atoms with Gasteiger partial charge >= 0.3 is 0 Å². The molecule has 4 rings (SSSR count). The van der Waals surface area contributed by atoms with Gasteiger partial charge in [-0.05, 0) is 24.3 Å². The molecule has 7 nitrogen and oxygen atoms in total. The fraction of sp³-hybridized carbons (Fsp3) is 0.350. The van der Waals surface area contributed by atoms with Gasteiger partial charge in [0.2, 0.25) is 10.0 Å². The summed E-state index contributed by atoms with van der Waals surface area (Å²) in [6.07, 6.45) is 0.661. The second kappa shape index (κ2) is 7.90. The Labute approximate surface area is 164 Å². The Bertz CT molecular complexity index is 970. The van der Waals surface area contributed by atoms with E-state index in [1.165, 1.54) is 16.4 Å². The van der Waals surface area contributed by atoms with E-state index >= 15 is 0 Å². The van der Waals surface area contributed by atoms with Crippen LogP contribution in [0.15, 0.2) is 53.4 Å². The number of carbonyl (C=O) groups excluding carboxylic acids is 1. The quantitative estimate of drug-likeness (QED) is 0.845. The van der Waals surface area contributed by atoms with Gasteiger partial charge in [0.15, 0.2) is 0 Å². The van der Waals surface area contributed by atoms with Crippen LogP contribution in [0.1, 0.15) is 28.4 Å². The van der Waals surface area contributed by atoms with E-state index in [0.29, 0.717) is 44.9 Å². The van der Waals surface area contributed by atoms with Crippen LogP contribution in [0.2, 0.25) is 0 Å². The van der Waals surface area contributed by atoms with E-state index in [1.807, 2.05) is 24.3 Å². The number of carbonyl (C=O) groups is 1. The molecule has 0 radical (unpaired) electrons. The van der Waals surface area contributed by atoms with Crippen molar-refractivity contribution < 1.29 is 22.7 Å². The minimum atomic E-state index is -3.65. The molecule has 0 aliphatic carbocycles. The molecule has 1 N–H and O–H groups in total. The van der Waals surface area contributed by atoms with Crippen LogP contribution in [0.25, 0.3) is 0 Å². The van der Waals surface area contributed by atoms with Gasteiger partial charge < -0.3 is 14.8 Å². The highest BCUT2D eigenvalue weighted by Crippen LogP contribution is 2.31. The van der Waals surface area contributed by atoms with Crippen LogP contribution in [-0.2, 0) is 14.8 Å². The zero-order chi connectivity index (χ0) is 19.6. The largest absolute Gasteiger partial charge is 0.493 e. The predicted octanol–water partition coefficient (Wildman–Crippen LogP) is 1.96. The highest BCUT2D eigenvalue weighted by molar-refractivity contribution is 7.89. The van der Waals surface area contributed by atoms with Crippen molar-refractivity contribution in [1.82, 2.24) is 9.62 Å². The number of nitrogens with zero attached hydrogens (tertiary/aromatic N) is 1. The molecule has 2 heterocycles. The SMILES string of the molecule is O=C(N[C@@H]1CCOc2ccccc21)c1cccc(S(=O)(=O)N2CCOCC2)c1. The summed E-state index contributed by atoms with van der Waals surface area (Å²) in [6, 6.07) is 13.6. The molecule has 8 heteroatoms. The molecule has 0 bridgehead atoms. The smallest absolute Gasteiger partial charge is 0.251 e. The normalized spacial score (nSPS) is 20.1. The molecule has 1 fully saturated rings. The van der Waals surface area contributed by atoms with Crippen LogP contribution in [-0.4, -0.2) is 51.5 Å². The van der Waals surface area contributed by atoms with Gasteiger partial charge in [-0.1, -0.05) is 24.3 Å². The van der Waals surface area contributed by atoms with Crippen LogP contribution in [0, 0.1) is 0 Å². The molecule has 1 saturated heterocycles. The maximum Gasteiger partial charge on any atom is 0.251 e. The number of fused-ring (bicyclic) bond motifs is 1. The zero-order valence-corrected chi connectivity index (χ0v) is 16.2. The second-order valence-corrected chi connectivity index (χ2v) is 8.68. The first-order valence-electron chi connectivity index (χ1n) is 9.26. The Morgan fingerprint density at radius 3 is 2.64 bits per heavy atom. The first-order valence-corrected chi connectivity index (χ1v) is 10.7. The van der Waals surface area contributed by atoms with E-state index in [-0.39, 0.29) is 16.8 Å². The number of nitrogens with one attached hydrogen (secondary N) is 1. The van der Waals surface area contributed by atoms with E-state index in [9.17, 15) is 13.2 Å². The van der Waals surface area contributed by atoms with Crippen LogP contribution >= 0.6 is 0 Å². The lowest BCUT2D eigenvalue weighted by atomic mass is 10.00. The highest BCUT2D eigenvalue weighted by Gasteiger charge is 2.28. The van der Waals surface area contributed by atoms with Gasteiger partial charge in [-0.25, -0.2) is 8.42 Å². The van der Waals surface area contributed by atoms with Crippen LogP contribution in [0.5, 0.6) is 5.75 Å². The first-order chi connectivity index (χ1) is 13.6. The lowest BCUT2D eigenvalue weighted by molar-refractivity contribution is 0.0730. The number of para-hydroxylation sites is 1. The summed E-state index contributed by atoms with van der Waals surface area (Å²) in [5.41, 5.74) is 1.25. The van der Waals surface area contributed by atoms with Crippen molar-refractivity contribution in [3.8, 4) is 5.75 Å². The summed E-state index contributed by atoms with van der Waals surface area (Å²) in [4.78, 5) is 12.9. The van der Waals surface area contributed by atoms with Gasteiger partial charge in [-0.3, -0.25) is 4.79 Å². The number of sulfonamides is 1. The van der Waals surface area contributed by atoms with Gasteiger partial charge in [-0.2, -0.15) is 4.31 Å². The molecule has 1 atom stereocenters. The van der Waals surface area contributed by atoms with Crippen molar-refractivity contribution >= 4 is 15.9 Å². The van der Waals surface area contributed by atoms with Crippen LogP contribution in [0.3, 0.4) is 0 Å². The molecule has 2 aliphatic heterocycles. The van der Waals surface area contributed by atoms with E-state index in [4.69, 9.17) is 9.47 Å². The molecule has 148 valence electrons. The Morgan fingerprint density at radius 1 is 1.04 bits per heavy atom. The number of amides is 1. The highest BCUT2D eigenvalue weighted by atomic mass is 32.2. The maximum absolute atomic E-state index is 12.8. The van der Waals surface area contributed by atoms with Crippen molar-refractivity contribution in [1.29, 1.82) is 0 Å². The summed E-state index contributed by atoms with van der Waals surface area (Å²) >= 11 is 0. The topological polar surface area (TPSA) is 84.9 Å². The van der Waals surface area contributed by atoms with Gasteiger partial charge in [0.1, 0.15) is 5.75 Å². The summed E-state index contributed by atoms with van der Waals surface area (Å²) in [5, 5.41) is 3.00. The Hall–Kier alpha value is -2.42. The fourth-order valence-electron chi connectivity index (χ4n) is 3.47. The molecule has 2 aromatic carbocycles. The maximum atomic E-state index is 12.8. The summed E-state index contributed by atoms with van der Waals surface area (Å²) in [6.45, 7) is 1.91. The Kier molecular flexibility index (Phi) is 5.34. The summed E-state index contributed by atoms with van der Waals surface area (Å²) in [7, 11) is -3.65. The fourth-order valence-corrected chi connectivity index (χ4v) is 4.92. The molecule has 0 saturated carbocycles. The number of hydrogen-bond acceptors (Lipinski definition) is 5. The Balaban J connectivity index is 1.54. The molecule has 0 aromatic heterocycles. The molecule has 2 aliphatic rings. The number of benzene rings is 2. The molecule has 28 heavy (non-hydrogen) atoms. The van der Waals surface area contributed by atoms with Crippen molar-refractivity contribution in [3.05, 3.63) is 59.7 Å². The van der Waals surface area contributed by atoms with Gasteiger partial charge in [0.25, 0.3) is 5.91 Å². The molecule has 2 aromatic rings. The van der Waals surface area contributed by atoms with Crippen molar-refractivity contribution in [2.75, 3.05) is 32.9 Å². The molecular formula is C20H22N2O5S. The minimum Gasteiger partial charge on any atom is -0.493 e. The van der Waals surface area contributed by atoms with Gasteiger partial charge in [0, 0.05) is 30.6 Å². The van der Waals surface area contributed by atoms with E-state index in [2.05, 4.69) is 5.32 Å². The second-order valence-electron chi connectivity index (χ2n) is 6.75. The third kappa shape index (κ3) is 3.76. The molecule has 0 unspecified atom stereocenters. The third-order valence-electron chi connectivity index (χ3n) is 4.97. The number of ether oxygens (including phenoxy) is 2. The lowest BCUT2D eigenvalue weighted by Crippen LogP contribution is -2.40. The average Bonchev–Trinajstić information content (AvgIpc) is 2.75. The standard InChI is InChI=1S/C20H22N2O5S/c23-20(21-18-8-11-27-19-7-2-1-6-17(18)19)15-4-3-5-16(14-15)28(24,25)22-9-12-26-13-10-22/h1-7,14,18H,8-13H2,(H,21,23)/t18-/m1/s1. The average molecular weight is 402 g/mol. The third-order valence-corrected chi connectivity index (χ3v) is 6.86. The number of morpholine rings is 1. The number of rotatable bonds is 4. The van der Waals surface area contributed by atoms with E-state index < -0.39 is 10.0 Å². The number of hydrogen-bond donors (Lipinski definition) is 1. The zero-order valence-electron chi connectivity index (χ0n) is 15.3. The summed E-state index contributed by atoms with van der Waals surface area (Å²) in [5.74, 6) is 0.462. The summed E-state index contributed by atoms with van der Waals surface area (Å²) < 4.78 is 37.9. The van der Waals surface area contributed by atoms with Gasteiger partial charge in [0.05, 0.1) is 30.8 Å². The van der Waals surface area contributed by atoms with Crippen molar-refractivity contribution in [3.63, 3.8) is 0 Å². The van der Waals surface area contributed by atoms with Crippen molar-refractivity contribution in [2.24, 2.45) is 0 Å². The van der Waals surface area contributed by atoms with E-state index in [0.717, 1.165) is 11.3 Å². The first kappa shape index (κ1) is 18.9. The monoisotopic (exact) mass is 402 g/mol. The lowest BCUT2D eigenvalue weighted by Gasteiger charge is -2.27. The molecular weight excluding hydrogens is 380 g/mol. The minimum absolute atomic E-state index is 0.120. The van der Waals surface area contributed by atoms with Crippen LogP contribution < -0.4 is 10.1 Å². The van der Waals surface area contributed by atoms with Gasteiger partial charge in [-0.15, -0.1) is 0 Å². The van der Waals surface area contributed by atoms with Crippen LogP contribution in [0.4, 0.5) is 0 Å². The van der Waals surface area contributed by atoms with E-state index in [1.54, 1.807) is 12.1 Å².